The summed E-state index contributed by atoms with van der Waals surface area (Å²) in [5.41, 5.74) is 5.47. The largest absolute Gasteiger partial charge is 0.482 e. The summed E-state index contributed by atoms with van der Waals surface area (Å²) >= 11 is 0. The molecule has 1 rings (SSSR count). The second kappa shape index (κ2) is 5.22. The summed E-state index contributed by atoms with van der Waals surface area (Å²) in [5, 5.41) is 10.6. The van der Waals surface area contributed by atoms with Crippen LogP contribution >= 0.6 is 0 Å². The third-order valence-corrected chi connectivity index (χ3v) is 1.84. The van der Waals surface area contributed by atoms with Gasteiger partial charge >= 0.3 is 5.69 Å². The fourth-order valence-corrected chi connectivity index (χ4v) is 0.994. The van der Waals surface area contributed by atoms with E-state index in [-0.39, 0.29) is 18.9 Å². The molecule has 16 heavy (non-hydrogen) atoms. The molecule has 0 aliphatic carbocycles. The Morgan fingerprint density at radius 3 is 2.88 bits per heavy atom. The van der Waals surface area contributed by atoms with Crippen molar-refractivity contribution in [3.63, 3.8) is 0 Å². The van der Waals surface area contributed by atoms with Crippen LogP contribution < -0.4 is 10.5 Å². The van der Waals surface area contributed by atoms with Gasteiger partial charge in [0.1, 0.15) is 12.4 Å². The molecule has 86 valence electrons. The lowest BCUT2D eigenvalue weighted by atomic mass is 10.3. The second-order valence-electron chi connectivity index (χ2n) is 3.11. The smallest absolute Gasteiger partial charge is 0.313 e. The van der Waals surface area contributed by atoms with Gasteiger partial charge in [0, 0.05) is 6.54 Å². The third kappa shape index (κ3) is 3.03. The fourth-order valence-electron chi connectivity index (χ4n) is 0.994. The van der Waals surface area contributed by atoms with Gasteiger partial charge in [0.2, 0.25) is 0 Å². The molecule has 0 saturated heterocycles. The molecule has 0 unspecified atom stereocenters. The summed E-state index contributed by atoms with van der Waals surface area (Å²) in [4.78, 5) is 9.90. The molecule has 0 saturated carbocycles. The van der Waals surface area contributed by atoms with Gasteiger partial charge in [0.25, 0.3) is 0 Å². The zero-order valence-electron chi connectivity index (χ0n) is 8.48. The summed E-state index contributed by atoms with van der Waals surface area (Å²) in [6, 6.07) is 3.10. The summed E-state index contributed by atoms with van der Waals surface area (Å²) in [6.45, 7) is 3.89. The van der Waals surface area contributed by atoms with Crippen LogP contribution in [0.3, 0.4) is 0 Å². The maximum Gasteiger partial charge on any atom is 0.313 e. The van der Waals surface area contributed by atoms with E-state index in [1.54, 1.807) is 0 Å². The van der Waals surface area contributed by atoms with Crippen molar-refractivity contribution in [3.05, 3.63) is 46.3 Å². The van der Waals surface area contributed by atoms with Crippen molar-refractivity contribution in [2.75, 3.05) is 13.2 Å². The maximum absolute atomic E-state index is 12.8. The number of nitro groups is 1. The first kappa shape index (κ1) is 12.1. The Labute approximate surface area is 91.5 Å². The average Bonchev–Trinajstić information content (AvgIpc) is 2.26. The van der Waals surface area contributed by atoms with E-state index >= 15 is 0 Å². The molecule has 0 spiro atoms. The second-order valence-corrected chi connectivity index (χ2v) is 3.11. The van der Waals surface area contributed by atoms with Crippen molar-refractivity contribution in [1.29, 1.82) is 0 Å². The van der Waals surface area contributed by atoms with Gasteiger partial charge in [-0.1, -0.05) is 6.58 Å². The Hall–Kier alpha value is -1.95. The van der Waals surface area contributed by atoms with Crippen LogP contribution in [0.25, 0.3) is 0 Å². The molecular formula is C10H11FN2O3. The lowest BCUT2D eigenvalue weighted by Crippen LogP contribution is -2.10. The van der Waals surface area contributed by atoms with Gasteiger partial charge in [0.15, 0.2) is 5.75 Å². The SMILES string of the molecule is C=C(CN)COc1ccc(F)cc1[N+](=O)[O-]. The van der Waals surface area contributed by atoms with Crippen LogP contribution in [0.15, 0.2) is 30.4 Å². The Morgan fingerprint density at radius 1 is 1.62 bits per heavy atom. The number of ether oxygens (including phenoxy) is 1. The predicted octanol–water partition coefficient (Wildman–Crippen LogP) is 1.63. The number of hydrogen-bond acceptors (Lipinski definition) is 4. The highest BCUT2D eigenvalue weighted by Gasteiger charge is 2.16. The van der Waals surface area contributed by atoms with Crippen LogP contribution in [0.2, 0.25) is 0 Å². The monoisotopic (exact) mass is 226 g/mol. The van der Waals surface area contributed by atoms with E-state index in [4.69, 9.17) is 10.5 Å². The molecule has 1 aromatic rings. The molecular weight excluding hydrogens is 215 g/mol. The molecule has 0 heterocycles. The molecule has 6 heteroatoms. The van der Waals surface area contributed by atoms with E-state index in [1.165, 1.54) is 6.07 Å². The van der Waals surface area contributed by atoms with E-state index in [0.717, 1.165) is 12.1 Å². The van der Waals surface area contributed by atoms with Gasteiger partial charge < -0.3 is 10.5 Å². The van der Waals surface area contributed by atoms with Gasteiger partial charge in [0.05, 0.1) is 11.0 Å². The van der Waals surface area contributed by atoms with Crippen molar-refractivity contribution < 1.29 is 14.1 Å². The Bertz CT molecular complexity index is 421. The minimum Gasteiger partial charge on any atom is -0.482 e. The minimum atomic E-state index is -0.705. The quantitative estimate of drug-likeness (QED) is 0.470. The van der Waals surface area contributed by atoms with E-state index < -0.39 is 16.4 Å². The highest BCUT2D eigenvalue weighted by atomic mass is 19.1. The zero-order chi connectivity index (χ0) is 12.1. The molecule has 0 fully saturated rings. The van der Waals surface area contributed by atoms with Crippen LogP contribution in [-0.2, 0) is 0 Å². The van der Waals surface area contributed by atoms with Crippen molar-refractivity contribution in [1.82, 2.24) is 0 Å². The topological polar surface area (TPSA) is 78.4 Å². The molecule has 0 aliphatic rings. The fraction of sp³-hybridized carbons (Fsp3) is 0.200. The molecule has 0 radical (unpaired) electrons. The van der Waals surface area contributed by atoms with Gasteiger partial charge in [-0.25, -0.2) is 4.39 Å². The lowest BCUT2D eigenvalue weighted by molar-refractivity contribution is -0.386. The Morgan fingerprint density at radius 2 is 2.31 bits per heavy atom. The first-order chi connectivity index (χ1) is 7.54. The molecule has 5 nitrogen and oxygen atoms in total. The van der Waals surface area contributed by atoms with Crippen LogP contribution in [0.4, 0.5) is 10.1 Å². The zero-order valence-corrected chi connectivity index (χ0v) is 8.48. The predicted molar refractivity (Wildman–Crippen MR) is 56.7 cm³/mol. The number of nitro benzene ring substituents is 1. The summed E-state index contributed by atoms with van der Waals surface area (Å²) in [7, 11) is 0. The molecule has 0 aliphatic heterocycles. The third-order valence-electron chi connectivity index (χ3n) is 1.84. The number of halogens is 1. The van der Waals surface area contributed by atoms with Crippen molar-refractivity contribution in [2.24, 2.45) is 5.73 Å². The summed E-state index contributed by atoms with van der Waals surface area (Å²) < 4.78 is 17.9. The van der Waals surface area contributed by atoms with Gasteiger partial charge in [-0.3, -0.25) is 10.1 Å². The lowest BCUT2D eigenvalue weighted by Gasteiger charge is -2.07. The highest BCUT2D eigenvalue weighted by Crippen LogP contribution is 2.27. The molecule has 0 bridgehead atoms. The first-order valence-electron chi connectivity index (χ1n) is 4.48. The van der Waals surface area contributed by atoms with Crippen molar-refractivity contribution >= 4 is 5.69 Å². The standard InChI is InChI=1S/C10H11FN2O3/c1-7(5-12)6-16-10-3-2-8(11)4-9(10)13(14)15/h2-4H,1,5-6,12H2. The van der Waals surface area contributed by atoms with Gasteiger partial charge in [-0.05, 0) is 17.7 Å². The number of benzene rings is 1. The van der Waals surface area contributed by atoms with Crippen LogP contribution in [0.5, 0.6) is 5.75 Å². The Balaban J connectivity index is 2.87. The summed E-state index contributed by atoms with van der Waals surface area (Å²) in [5.74, 6) is -0.683. The van der Waals surface area contributed by atoms with E-state index in [9.17, 15) is 14.5 Å². The molecule has 0 atom stereocenters. The van der Waals surface area contributed by atoms with Gasteiger partial charge in [-0.2, -0.15) is 0 Å². The Kier molecular flexibility index (Phi) is 3.96. The number of nitrogens with zero attached hydrogens (tertiary/aromatic N) is 1. The molecule has 1 aromatic carbocycles. The molecule has 0 amide bonds. The van der Waals surface area contributed by atoms with Crippen molar-refractivity contribution in [3.8, 4) is 5.75 Å². The average molecular weight is 226 g/mol. The number of hydrogen-bond donors (Lipinski definition) is 1. The van der Waals surface area contributed by atoms with Gasteiger partial charge in [-0.15, -0.1) is 0 Å². The highest BCUT2D eigenvalue weighted by molar-refractivity contribution is 5.46. The molecule has 2 N–H and O–H groups in total. The maximum atomic E-state index is 12.8. The minimum absolute atomic E-state index is 0.000926. The first-order valence-corrected chi connectivity index (χ1v) is 4.48. The molecule has 0 aromatic heterocycles. The van der Waals surface area contributed by atoms with Crippen LogP contribution in [-0.4, -0.2) is 18.1 Å². The summed E-state index contributed by atoms with van der Waals surface area (Å²) in [6.07, 6.45) is 0. The van der Waals surface area contributed by atoms with E-state index in [0.29, 0.717) is 5.57 Å². The van der Waals surface area contributed by atoms with E-state index in [1.807, 2.05) is 0 Å². The van der Waals surface area contributed by atoms with Crippen LogP contribution in [0, 0.1) is 15.9 Å². The normalized spacial score (nSPS) is 9.88. The van der Waals surface area contributed by atoms with Crippen LogP contribution in [0.1, 0.15) is 0 Å². The number of rotatable bonds is 5. The van der Waals surface area contributed by atoms with Crippen molar-refractivity contribution in [2.45, 2.75) is 0 Å². The number of nitrogens with two attached hydrogens (primary N) is 1. The van der Waals surface area contributed by atoms with E-state index in [2.05, 4.69) is 6.58 Å².